The van der Waals surface area contributed by atoms with E-state index < -0.39 is 18.3 Å². The van der Waals surface area contributed by atoms with Crippen LogP contribution >= 0.6 is 0 Å². The van der Waals surface area contributed by atoms with Crippen LogP contribution in [0, 0.1) is 6.57 Å². The molecule has 0 amide bonds. The van der Waals surface area contributed by atoms with E-state index in [0.29, 0.717) is 5.69 Å². The van der Waals surface area contributed by atoms with Crippen molar-refractivity contribution in [3.05, 3.63) is 78.1 Å². The zero-order chi connectivity index (χ0) is 21.1. The Morgan fingerprint density at radius 2 is 1.30 bits per heavy atom. The third kappa shape index (κ3) is 2.61. The van der Waals surface area contributed by atoms with Crippen LogP contribution in [0.2, 0.25) is 0 Å². The first-order valence-corrected chi connectivity index (χ1v) is 10.2. The molecule has 1 saturated heterocycles. The highest BCUT2D eigenvalue weighted by atomic mass is 16.7. The predicted molar refractivity (Wildman–Crippen MR) is 123 cm³/mol. The molecular formula is C25H23BN2O2. The van der Waals surface area contributed by atoms with E-state index in [1.165, 1.54) is 0 Å². The van der Waals surface area contributed by atoms with Crippen molar-refractivity contribution in [1.29, 1.82) is 0 Å². The van der Waals surface area contributed by atoms with Crippen molar-refractivity contribution >= 4 is 40.1 Å². The molecule has 4 aromatic rings. The van der Waals surface area contributed by atoms with E-state index in [2.05, 4.69) is 45.8 Å². The summed E-state index contributed by atoms with van der Waals surface area (Å²) >= 11 is 0. The molecule has 1 aliphatic rings. The van der Waals surface area contributed by atoms with Crippen LogP contribution in [-0.4, -0.2) is 22.9 Å². The van der Waals surface area contributed by atoms with Gasteiger partial charge in [-0.05, 0) is 45.3 Å². The minimum Gasteiger partial charge on any atom is -0.399 e. The van der Waals surface area contributed by atoms with Crippen molar-refractivity contribution in [3.8, 4) is 5.69 Å². The highest BCUT2D eigenvalue weighted by molar-refractivity contribution is 6.63. The average molecular weight is 394 g/mol. The van der Waals surface area contributed by atoms with Crippen molar-refractivity contribution in [1.82, 2.24) is 4.57 Å². The van der Waals surface area contributed by atoms with E-state index in [-0.39, 0.29) is 0 Å². The van der Waals surface area contributed by atoms with Crippen LogP contribution in [-0.2, 0) is 9.31 Å². The summed E-state index contributed by atoms with van der Waals surface area (Å²) in [5.41, 5.74) is 3.49. The highest BCUT2D eigenvalue weighted by Gasteiger charge is 2.52. The summed E-state index contributed by atoms with van der Waals surface area (Å²) in [4.78, 5) is 3.86. The molecule has 148 valence electrons. The number of benzene rings is 3. The summed E-state index contributed by atoms with van der Waals surface area (Å²) in [6.45, 7) is 16.0. The largest absolute Gasteiger partial charge is 0.495 e. The third-order valence-corrected chi connectivity index (χ3v) is 6.48. The number of aromatic nitrogens is 1. The maximum Gasteiger partial charge on any atom is 0.495 e. The summed E-state index contributed by atoms with van der Waals surface area (Å²) in [5, 5.41) is 2.32. The summed E-state index contributed by atoms with van der Waals surface area (Å²) in [6.07, 6.45) is 0. The van der Waals surface area contributed by atoms with Gasteiger partial charge >= 0.3 is 7.12 Å². The first kappa shape index (κ1) is 18.9. The molecule has 1 aromatic heterocycles. The van der Waals surface area contributed by atoms with Crippen molar-refractivity contribution in [2.75, 3.05) is 0 Å². The van der Waals surface area contributed by atoms with Gasteiger partial charge in [0.15, 0.2) is 0 Å². The van der Waals surface area contributed by atoms with E-state index in [1.807, 2.05) is 58.0 Å². The van der Waals surface area contributed by atoms with Gasteiger partial charge in [-0.1, -0.05) is 54.6 Å². The maximum atomic E-state index is 7.86. The second-order valence-electron chi connectivity index (χ2n) is 8.78. The molecule has 0 aliphatic carbocycles. The van der Waals surface area contributed by atoms with E-state index in [0.717, 1.165) is 33.0 Å². The normalized spacial score (nSPS) is 17.5. The summed E-state index contributed by atoms with van der Waals surface area (Å²) < 4.78 is 14.9. The number of nitrogens with zero attached hydrogens (tertiary/aromatic N) is 2. The van der Waals surface area contributed by atoms with E-state index in [4.69, 9.17) is 15.9 Å². The minimum atomic E-state index is -0.549. The molecule has 0 N–H and O–H groups in total. The Labute approximate surface area is 177 Å². The molecule has 0 radical (unpaired) electrons. The second-order valence-corrected chi connectivity index (χ2v) is 8.78. The van der Waals surface area contributed by atoms with Crippen LogP contribution in [0.5, 0.6) is 0 Å². The van der Waals surface area contributed by atoms with Crippen molar-refractivity contribution < 1.29 is 9.31 Å². The van der Waals surface area contributed by atoms with Crippen LogP contribution in [0.25, 0.3) is 32.3 Å². The fourth-order valence-corrected chi connectivity index (χ4v) is 4.21. The first-order valence-electron chi connectivity index (χ1n) is 10.2. The molecule has 0 spiro atoms. The summed E-state index contributed by atoms with van der Waals surface area (Å²) in [6, 6.07) is 22.4. The van der Waals surface area contributed by atoms with Gasteiger partial charge in [0.2, 0.25) is 5.69 Å². The molecule has 0 bridgehead atoms. The van der Waals surface area contributed by atoms with Gasteiger partial charge in [0, 0.05) is 10.8 Å². The van der Waals surface area contributed by atoms with Gasteiger partial charge < -0.3 is 13.9 Å². The Hall–Kier alpha value is -3.07. The fraction of sp³-hybridized carbons (Fsp3) is 0.240. The Morgan fingerprint density at radius 3 is 1.83 bits per heavy atom. The molecule has 0 saturated carbocycles. The average Bonchev–Trinajstić information content (AvgIpc) is 3.17. The Morgan fingerprint density at radius 1 is 0.767 bits per heavy atom. The lowest BCUT2D eigenvalue weighted by Crippen LogP contribution is -2.41. The first-order chi connectivity index (χ1) is 14.3. The topological polar surface area (TPSA) is 27.8 Å². The van der Waals surface area contributed by atoms with Gasteiger partial charge in [-0.3, -0.25) is 0 Å². The van der Waals surface area contributed by atoms with Crippen LogP contribution in [0.15, 0.2) is 66.7 Å². The lowest BCUT2D eigenvalue weighted by Gasteiger charge is -2.32. The molecular weight excluding hydrogens is 371 g/mol. The SMILES string of the molecule is [C-]#[N+]c1cccc(B2OC(C)(C)C(C)(C)O2)c1-n1c2ccccc2c2ccccc21. The van der Waals surface area contributed by atoms with E-state index in [1.54, 1.807) is 0 Å². The zero-order valence-electron chi connectivity index (χ0n) is 17.6. The van der Waals surface area contributed by atoms with E-state index in [9.17, 15) is 0 Å². The lowest BCUT2D eigenvalue weighted by atomic mass is 9.77. The Balaban J connectivity index is 1.84. The van der Waals surface area contributed by atoms with Crippen LogP contribution in [0.1, 0.15) is 27.7 Å². The van der Waals surface area contributed by atoms with Gasteiger partial charge in [0.25, 0.3) is 0 Å². The second kappa shape index (κ2) is 6.47. The van der Waals surface area contributed by atoms with Gasteiger partial charge in [0.1, 0.15) is 0 Å². The molecule has 0 atom stereocenters. The number of rotatable bonds is 2. The third-order valence-electron chi connectivity index (χ3n) is 6.48. The van der Waals surface area contributed by atoms with Gasteiger partial charge in [-0.2, -0.15) is 0 Å². The Bertz CT molecular complexity index is 1260. The number of para-hydroxylation sites is 3. The molecule has 4 nitrogen and oxygen atoms in total. The highest BCUT2D eigenvalue weighted by Crippen LogP contribution is 2.39. The molecule has 2 heterocycles. The monoisotopic (exact) mass is 394 g/mol. The van der Waals surface area contributed by atoms with Gasteiger partial charge in [0.05, 0.1) is 34.5 Å². The number of fused-ring (bicyclic) bond motifs is 3. The van der Waals surface area contributed by atoms with Gasteiger partial charge in [-0.15, -0.1) is 0 Å². The number of hydrogen-bond acceptors (Lipinski definition) is 2. The standard InChI is InChI=1S/C25H23BN2O2/c1-24(2)25(3,4)30-26(29-24)19-13-10-14-20(27-5)23(19)28-21-15-8-6-11-17(21)18-12-7-9-16-22(18)28/h6-16H,1-4H3. The predicted octanol–water partition coefficient (Wildman–Crippen LogP) is 5.63. The molecule has 30 heavy (non-hydrogen) atoms. The van der Waals surface area contributed by atoms with Crippen LogP contribution in [0.3, 0.4) is 0 Å². The molecule has 1 fully saturated rings. The molecule has 5 rings (SSSR count). The molecule has 5 heteroatoms. The van der Waals surface area contributed by atoms with Crippen LogP contribution in [0.4, 0.5) is 5.69 Å². The van der Waals surface area contributed by atoms with Crippen molar-refractivity contribution in [3.63, 3.8) is 0 Å². The smallest absolute Gasteiger partial charge is 0.399 e. The van der Waals surface area contributed by atoms with Gasteiger partial charge in [-0.25, -0.2) is 4.85 Å². The maximum absolute atomic E-state index is 7.86. The van der Waals surface area contributed by atoms with E-state index >= 15 is 0 Å². The minimum absolute atomic E-state index is 0.454. The quantitative estimate of drug-likeness (QED) is 0.325. The molecule has 0 unspecified atom stereocenters. The van der Waals surface area contributed by atoms with Crippen LogP contribution < -0.4 is 5.46 Å². The summed E-state index contributed by atoms with van der Waals surface area (Å²) in [7, 11) is -0.549. The fourth-order valence-electron chi connectivity index (χ4n) is 4.21. The molecule has 3 aromatic carbocycles. The van der Waals surface area contributed by atoms with Crippen molar-refractivity contribution in [2.45, 2.75) is 38.9 Å². The number of hydrogen-bond donors (Lipinski definition) is 0. The Kier molecular flexibility index (Phi) is 4.08. The summed E-state index contributed by atoms with van der Waals surface area (Å²) in [5.74, 6) is 0. The lowest BCUT2D eigenvalue weighted by molar-refractivity contribution is 0.00578. The molecule has 1 aliphatic heterocycles. The zero-order valence-corrected chi connectivity index (χ0v) is 17.6. The van der Waals surface area contributed by atoms with Crippen molar-refractivity contribution in [2.24, 2.45) is 0 Å².